The summed E-state index contributed by atoms with van der Waals surface area (Å²) in [6.45, 7) is 3.71. The number of hydrogen-bond donors (Lipinski definition) is 2. The van der Waals surface area contributed by atoms with Crippen LogP contribution < -0.4 is 15.6 Å². The van der Waals surface area contributed by atoms with E-state index in [0.717, 1.165) is 0 Å². The molecule has 2 amide bonds. The summed E-state index contributed by atoms with van der Waals surface area (Å²) in [4.78, 5) is 24.5. The van der Waals surface area contributed by atoms with Crippen LogP contribution in [-0.2, 0) is 0 Å². The van der Waals surface area contributed by atoms with E-state index < -0.39 is 11.8 Å². The van der Waals surface area contributed by atoms with Crippen LogP contribution in [0, 0.1) is 0 Å². The summed E-state index contributed by atoms with van der Waals surface area (Å²) in [5.41, 5.74) is 5.15. The SMILES string of the molecule is CC(C)Oc1ccc(Br)cc1C(=O)NNC(=O)c1ccc(Cl)cc1Cl. The molecule has 132 valence electrons. The summed E-state index contributed by atoms with van der Waals surface area (Å²) in [6, 6.07) is 9.50. The Hall–Kier alpha value is -1.76. The lowest BCUT2D eigenvalue weighted by Gasteiger charge is -2.15. The number of carbonyl (C=O) groups excluding carboxylic acids is 2. The highest BCUT2D eigenvalue weighted by Gasteiger charge is 2.16. The van der Waals surface area contributed by atoms with E-state index in [2.05, 4.69) is 26.8 Å². The molecule has 0 aliphatic heterocycles. The summed E-state index contributed by atoms with van der Waals surface area (Å²) >= 11 is 15.1. The lowest BCUT2D eigenvalue weighted by atomic mass is 10.2. The van der Waals surface area contributed by atoms with Gasteiger partial charge in [-0.1, -0.05) is 39.1 Å². The van der Waals surface area contributed by atoms with Crippen molar-refractivity contribution in [3.8, 4) is 5.75 Å². The normalized spacial score (nSPS) is 10.5. The van der Waals surface area contributed by atoms with Crippen molar-refractivity contribution >= 4 is 50.9 Å². The van der Waals surface area contributed by atoms with Crippen LogP contribution >= 0.6 is 39.1 Å². The van der Waals surface area contributed by atoms with Crippen LogP contribution in [0.3, 0.4) is 0 Å². The van der Waals surface area contributed by atoms with Crippen molar-refractivity contribution in [2.45, 2.75) is 20.0 Å². The molecule has 0 bridgehead atoms. The number of nitrogens with one attached hydrogen (secondary N) is 2. The minimum atomic E-state index is -0.559. The van der Waals surface area contributed by atoms with E-state index in [0.29, 0.717) is 15.2 Å². The molecule has 2 rings (SSSR count). The minimum absolute atomic E-state index is 0.102. The van der Waals surface area contributed by atoms with Crippen molar-refractivity contribution in [2.75, 3.05) is 0 Å². The van der Waals surface area contributed by atoms with Crippen molar-refractivity contribution in [1.29, 1.82) is 0 Å². The van der Waals surface area contributed by atoms with Gasteiger partial charge < -0.3 is 4.74 Å². The molecule has 0 unspecified atom stereocenters. The first-order chi connectivity index (χ1) is 11.8. The summed E-state index contributed by atoms with van der Waals surface area (Å²) in [5.74, 6) is -0.666. The Morgan fingerprint density at radius 1 is 1.00 bits per heavy atom. The number of benzene rings is 2. The Morgan fingerprint density at radius 3 is 2.24 bits per heavy atom. The molecule has 25 heavy (non-hydrogen) atoms. The van der Waals surface area contributed by atoms with Gasteiger partial charge in [0.2, 0.25) is 0 Å². The molecule has 0 spiro atoms. The molecular formula is C17H15BrCl2N2O3. The number of carbonyl (C=O) groups is 2. The second kappa shape index (κ2) is 8.56. The molecule has 2 N–H and O–H groups in total. The average Bonchev–Trinajstić information content (AvgIpc) is 2.53. The molecule has 8 heteroatoms. The highest BCUT2D eigenvalue weighted by atomic mass is 79.9. The molecular weight excluding hydrogens is 431 g/mol. The number of amides is 2. The highest BCUT2D eigenvalue weighted by Crippen LogP contribution is 2.24. The van der Waals surface area contributed by atoms with Crippen LogP contribution in [0.1, 0.15) is 34.6 Å². The fourth-order valence-corrected chi connectivity index (χ4v) is 2.81. The smallest absolute Gasteiger partial charge is 0.273 e. The first-order valence-corrected chi connectivity index (χ1v) is 8.84. The van der Waals surface area contributed by atoms with Gasteiger partial charge in [0.15, 0.2) is 0 Å². The van der Waals surface area contributed by atoms with Gasteiger partial charge >= 0.3 is 0 Å². The van der Waals surface area contributed by atoms with Crippen LogP contribution in [0.5, 0.6) is 5.75 Å². The summed E-state index contributed by atoms with van der Waals surface area (Å²) in [6.07, 6.45) is -0.102. The van der Waals surface area contributed by atoms with E-state index in [9.17, 15) is 9.59 Å². The third kappa shape index (κ3) is 5.36. The zero-order valence-electron chi connectivity index (χ0n) is 13.4. The molecule has 2 aromatic rings. The first-order valence-electron chi connectivity index (χ1n) is 7.30. The zero-order valence-corrected chi connectivity index (χ0v) is 16.5. The highest BCUT2D eigenvalue weighted by molar-refractivity contribution is 9.10. The summed E-state index contributed by atoms with van der Waals surface area (Å²) in [7, 11) is 0. The third-order valence-electron chi connectivity index (χ3n) is 3.01. The number of hydrogen-bond acceptors (Lipinski definition) is 3. The monoisotopic (exact) mass is 444 g/mol. The minimum Gasteiger partial charge on any atom is -0.490 e. The van der Waals surface area contributed by atoms with Crippen molar-refractivity contribution in [3.05, 3.63) is 62.0 Å². The Balaban J connectivity index is 2.12. The third-order valence-corrected chi connectivity index (χ3v) is 4.06. The van der Waals surface area contributed by atoms with E-state index in [-0.39, 0.29) is 22.3 Å². The number of hydrazine groups is 1. The Labute approximate surface area is 163 Å². The molecule has 0 heterocycles. The Bertz CT molecular complexity index is 812. The van der Waals surface area contributed by atoms with Crippen LogP contribution in [0.4, 0.5) is 0 Å². The van der Waals surface area contributed by atoms with E-state index in [4.69, 9.17) is 27.9 Å². The van der Waals surface area contributed by atoms with Gasteiger partial charge in [0.25, 0.3) is 11.8 Å². The van der Waals surface area contributed by atoms with Gasteiger partial charge in [-0.3, -0.25) is 20.4 Å². The quantitative estimate of drug-likeness (QED) is 0.674. The van der Waals surface area contributed by atoms with Gasteiger partial charge in [-0.05, 0) is 50.2 Å². The molecule has 0 saturated heterocycles. The van der Waals surface area contributed by atoms with Crippen molar-refractivity contribution in [1.82, 2.24) is 10.9 Å². The molecule has 0 saturated carbocycles. The molecule has 2 aromatic carbocycles. The predicted molar refractivity (Wildman–Crippen MR) is 101 cm³/mol. The van der Waals surface area contributed by atoms with E-state index >= 15 is 0 Å². The topological polar surface area (TPSA) is 67.4 Å². The van der Waals surface area contributed by atoms with Crippen molar-refractivity contribution in [2.24, 2.45) is 0 Å². The number of ether oxygens (including phenoxy) is 1. The van der Waals surface area contributed by atoms with E-state index in [1.165, 1.54) is 18.2 Å². The van der Waals surface area contributed by atoms with Gasteiger partial charge in [-0.2, -0.15) is 0 Å². The van der Waals surface area contributed by atoms with E-state index in [1.54, 1.807) is 18.2 Å². The predicted octanol–water partition coefficient (Wildman–Crippen LogP) is 4.62. The summed E-state index contributed by atoms with van der Waals surface area (Å²) in [5, 5.41) is 0.598. The van der Waals surface area contributed by atoms with E-state index in [1.807, 2.05) is 13.8 Å². The van der Waals surface area contributed by atoms with Crippen LogP contribution in [0.25, 0.3) is 0 Å². The number of rotatable bonds is 4. The number of halogens is 3. The summed E-state index contributed by atoms with van der Waals surface area (Å²) < 4.78 is 6.32. The largest absolute Gasteiger partial charge is 0.490 e. The van der Waals surface area contributed by atoms with Gasteiger partial charge in [0, 0.05) is 9.50 Å². The Morgan fingerprint density at radius 2 is 1.64 bits per heavy atom. The lowest BCUT2D eigenvalue weighted by Crippen LogP contribution is -2.41. The van der Waals surface area contributed by atoms with Gasteiger partial charge in [0.05, 0.1) is 22.3 Å². The maximum atomic E-state index is 12.4. The second-order valence-corrected chi connectivity index (χ2v) is 7.10. The molecule has 0 aliphatic rings. The lowest BCUT2D eigenvalue weighted by molar-refractivity contribution is 0.0843. The molecule has 0 aromatic heterocycles. The van der Waals surface area contributed by atoms with Crippen molar-refractivity contribution in [3.63, 3.8) is 0 Å². The van der Waals surface area contributed by atoms with Crippen LogP contribution in [-0.4, -0.2) is 17.9 Å². The fraction of sp³-hybridized carbons (Fsp3) is 0.176. The Kier molecular flexibility index (Phi) is 6.70. The van der Waals surface area contributed by atoms with Gasteiger partial charge in [-0.15, -0.1) is 0 Å². The molecule has 0 aliphatic carbocycles. The first kappa shape index (κ1) is 19.6. The average molecular weight is 446 g/mol. The standard InChI is InChI=1S/C17H15BrCl2N2O3/c1-9(2)25-15-6-3-10(18)7-13(15)17(24)22-21-16(23)12-5-4-11(19)8-14(12)20/h3-9H,1-2H3,(H,21,23)(H,22,24). The molecule has 0 radical (unpaired) electrons. The zero-order chi connectivity index (χ0) is 18.6. The van der Waals surface area contributed by atoms with Crippen molar-refractivity contribution < 1.29 is 14.3 Å². The maximum absolute atomic E-state index is 12.4. The van der Waals surface area contributed by atoms with Gasteiger partial charge in [-0.25, -0.2) is 0 Å². The molecule has 0 atom stereocenters. The van der Waals surface area contributed by atoms with Crippen LogP contribution in [0.2, 0.25) is 10.0 Å². The van der Waals surface area contributed by atoms with Crippen LogP contribution in [0.15, 0.2) is 40.9 Å². The maximum Gasteiger partial charge on any atom is 0.273 e. The van der Waals surface area contributed by atoms with Gasteiger partial charge in [0.1, 0.15) is 5.75 Å². The molecule has 5 nitrogen and oxygen atoms in total. The molecule has 0 fully saturated rings. The second-order valence-electron chi connectivity index (χ2n) is 5.34. The fourth-order valence-electron chi connectivity index (χ4n) is 1.96.